The van der Waals surface area contributed by atoms with Gasteiger partial charge in [0.1, 0.15) is 0 Å². The molecule has 4 atom stereocenters. The third-order valence-corrected chi connectivity index (χ3v) is 6.21. The molecule has 4 rings (SSSR count). The maximum Gasteiger partial charge on any atom is 0.259 e. The minimum Gasteiger partial charge on any atom is -0.375 e. The van der Waals surface area contributed by atoms with Crippen molar-refractivity contribution in [3.63, 3.8) is 0 Å². The van der Waals surface area contributed by atoms with Gasteiger partial charge in [-0.15, -0.1) is 0 Å². The molecule has 0 radical (unpaired) electrons. The van der Waals surface area contributed by atoms with E-state index in [0.717, 1.165) is 13.1 Å². The van der Waals surface area contributed by atoms with E-state index in [1.165, 1.54) is 0 Å². The Bertz CT molecular complexity index is 642. The zero-order valence-electron chi connectivity index (χ0n) is 14.1. The molecule has 0 bridgehead atoms. The van der Waals surface area contributed by atoms with Crippen LogP contribution in [0.1, 0.15) is 24.8 Å². The lowest BCUT2D eigenvalue weighted by atomic mass is 9.79. The second-order valence-corrected chi connectivity index (χ2v) is 7.82. The van der Waals surface area contributed by atoms with E-state index in [-0.39, 0.29) is 12.8 Å². The average molecular weight is 350 g/mol. The molecule has 1 aliphatic carbocycles. The van der Waals surface area contributed by atoms with Crippen molar-refractivity contribution in [2.75, 3.05) is 26.2 Å². The lowest BCUT2D eigenvalue weighted by Crippen LogP contribution is -2.51. The van der Waals surface area contributed by atoms with Gasteiger partial charge in [-0.1, -0.05) is 30.3 Å². The van der Waals surface area contributed by atoms with Gasteiger partial charge in [0, 0.05) is 44.9 Å². The van der Waals surface area contributed by atoms with E-state index in [1.54, 1.807) is 35.2 Å². The number of carbonyl (C=O) groups excluding carboxylic acids is 1. The number of nitrogens with one attached hydrogen (secondary N) is 1. The number of halogens is 2. The molecule has 2 unspecified atom stereocenters. The molecule has 136 valence electrons. The van der Waals surface area contributed by atoms with Gasteiger partial charge < -0.3 is 15.3 Å². The Hall–Kier alpha value is -1.53. The van der Waals surface area contributed by atoms with Crippen molar-refractivity contribution in [2.24, 2.45) is 17.8 Å². The Morgan fingerprint density at radius 1 is 1.20 bits per heavy atom. The highest BCUT2D eigenvalue weighted by molar-refractivity contribution is 5.87. The molecule has 1 aromatic carbocycles. The van der Waals surface area contributed by atoms with E-state index in [0.29, 0.717) is 30.5 Å². The molecule has 3 fully saturated rings. The first kappa shape index (κ1) is 16.9. The molecule has 1 aromatic rings. The summed E-state index contributed by atoms with van der Waals surface area (Å²) in [5.74, 6) is -3.17. The van der Waals surface area contributed by atoms with Crippen molar-refractivity contribution in [3.05, 3.63) is 35.9 Å². The van der Waals surface area contributed by atoms with Gasteiger partial charge >= 0.3 is 0 Å². The standard InChI is InChI=1S/C19H24F2N2O2/c20-18(21)7-6-16(8-18)19(25,15-4-2-1-3-5-15)17(24)23-11-13-9-22-10-14(13)12-23/h1-5,13-14,16,22,25H,6-12H2/t13?,14?,16-,19+/m1/s1. The van der Waals surface area contributed by atoms with Gasteiger partial charge in [0.15, 0.2) is 5.60 Å². The fraction of sp³-hybridized carbons (Fsp3) is 0.632. The molecule has 6 heteroatoms. The molecule has 0 aromatic heterocycles. The number of hydrogen-bond donors (Lipinski definition) is 2. The van der Waals surface area contributed by atoms with Gasteiger partial charge in [0.2, 0.25) is 5.92 Å². The molecule has 25 heavy (non-hydrogen) atoms. The van der Waals surface area contributed by atoms with Crippen molar-refractivity contribution < 1.29 is 18.7 Å². The molecule has 2 aliphatic heterocycles. The Morgan fingerprint density at radius 2 is 1.84 bits per heavy atom. The van der Waals surface area contributed by atoms with Gasteiger partial charge in [-0.3, -0.25) is 4.79 Å². The van der Waals surface area contributed by atoms with Crippen LogP contribution in [0.15, 0.2) is 30.3 Å². The summed E-state index contributed by atoms with van der Waals surface area (Å²) in [5, 5.41) is 14.8. The average Bonchev–Trinajstić information content (AvgIpc) is 3.28. The zero-order valence-corrected chi connectivity index (χ0v) is 14.1. The number of amides is 1. The highest BCUT2D eigenvalue weighted by Gasteiger charge is 2.55. The summed E-state index contributed by atoms with van der Waals surface area (Å²) in [6.07, 6.45) is -0.548. The number of rotatable bonds is 3. The van der Waals surface area contributed by atoms with E-state index >= 15 is 0 Å². The molecule has 2 heterocycles. The van der Waals surface area contributed by atoms with Crippen LogP contribution in [0.2, 0.25) is 0 Å². The molecule has 4 nitrogen and oxygen atoms in total. The highest BCUT2D eigenvalue weighted by Crippen LogP contribution is 2.48. The van der Waals surface area contributed by atoms with Crippen LogP contribution in [0.25, 0.3) is 0 Å². The Kier molecular flexibility index (Phi) is 4.07. The van der Waals surface area contributed by atoms with Crippen molar-refractivity contribution >= 4 is 5.91 Å². The second kappa shape index (κ2) is 6.02. The predicted octanol–water partition coefficient (Wildman–Crippen LogP) is 1.99. The largest absolute Gasteiger partial charge is 0.375 e. The molecule has 2 saturated heterocycles. The number of benzene rings is 1. The third kappa shape index (κ3) is 2.85. The van der Waals surface area contributed by atoms with Gasteiger partial charge in [0.05, 0.1) is 0 Å². The summed E-state index contributed by atoms with van der Waals surface area (Å²) < 4.78 is 27.6. The van der Waals surface area contributed by atoms with Gasteiger partial charge in [0.25, 0.3) is 5.91 Å². The number of nitrogens with zero attached hydrogens (tertiary/aromatic N) is 1. The van der Waals surface area contributed by atoms with Crippen LogP contribution < -0.4 is 5.32 Å². The Labute approximate surface area is 146 Å². The van der Waals surface area contributed by atoms with E-state index in [1.807, 2.05) is 0 Å². The number of alkyl halides is 2. The van der Waals surface area contributed by atoms with Crippen molar-refractivity contribution in [2.45, 2.75) is 30.8 Å². The molecule has 1 amide bonds. The maximum atomic E-state index is 13.8. The Balaban J connectivity index is 1.65. The lowest BCUT2D eigenvalue weighted by molar-refractivity contribution is -0.159. The molecule has 2 N–H and O–H groups in total. The van der Waals surface area contributed by atoms with E-state index < -0.39 is 29.8 Å². The number of aliphatic hydroxyl groups is 1. The molecular weight excluding hydrogens is 326 g/mol. The monoisotopic (exact) mass is 350 g/mol. The number of carbonyl (C=O) groups is 1. The van der Waals surface area contributed by atoms with Crippen LogP contribution >= 0.6 is 0 Å². The third-order valence-electron chi connectivity index (χ3n) is 6.21. The summed E-state index contributed by atoms with van der Waals surface area (Å²) in [6.45, 7) is 2.93. The molecule has 0 spiro atoms. The SMILES string of the molecule is O=C(N1CC2CNCC2C1)[C@](O)(c1ccccc1)[C@@H]1CCC(F)(F)C1. The minimum atomic E-state index is -2.81. The van der Waals surface area contributed by atoms with Crippen molar-refractivity contribution in [3.8, 4) is 0 Å². The topological polar surface area (TPSA) is 52.6 Å². The quantitative estimate of drug-likeness (QED) is 0.877. The summed E-state index contributed by atoms with van der Waals surface area (Å²) in [6, 6.07) is 8.62. The fourth-order valence-corrected chi connectivity index (χ4v) is 4.79. The van der Waals surface area contributed by atoms with Gasteiger partial charge in [-0.05, 0) is 23.8 Å². The van der Waals surface area contributed by atoms with Gasteiger partial charge in [-0.2, -0.15) is 0 Å². The fourth-order valence-electron chi connectivity index (χ4n) is 4.79. The Morgan fingerprint density at radius 3 is 2.40 bits per heavy atom. The minimum absolute atomic E-state index is 0.159. The summed E-state index contributed by atoms with van der Waals surface area (Å²) in [5.41, 5.74) is -1.44. The maximum absolute atomic E-state index is 13.8. The first-order chi connectivity index (χ1) is 11.9. The van der Waals surface area contributed by atoms with E-state index in [4.69, 9.17) is 0 Å². The van der Waals surface area contributed by atoms with Crippen molar-refractivity contribution in [1.29, 1.82) is 0 Å². The summed E-state index contributed by atoms with van der Waals surface area (Å²) in [4.78, 5) is 15.0. The number of fused-ring (bicyclic) bond motifs is 1. The molecule has 1 saturated carbocycles. The zero-order chi connectivity index (χ0) is 17.7. The smallest absolute Gasteiger partial charge is 0.259 e. The molecular formula is C19H24F2N2O2. The van der Waals surface area contributed by atoms with Crippen LogP contribution in [0.3, 0.4) is 0 Å². The van der Waals surface area contributed by atoms with Crippen LogP contribution in [-0.2, 0) is 10.4 Å². The highest BCUT2D eigenvalue weighted by atomic mass is 19.3. The van der Waals surface area contributed by atoms with Crippen LogP contribution in [0.4, 0.5) is 8.78 Å². The van der Waals surface area contributed by atoms with Crippen LogP contribution in [-0.4, -0.2) is 48.0 Å². The number of likely N-dealkylation sites (tertiary alicyclic amines) is 1. The normalized spacial score (nSPS) is 33.2. The first-order valence-electron chi connectivity index (χ1n) is 9.06. The van der Waals surface area contributed by atoms with E-state index in [9.17, 15) is 18.7 Å². The van der Waals surface area contributed by atoms with Gasteiger partial charge in [-0.25, -0.2) is 8.78 Å². The predicted molar refractivity (Wildman–Crippen MR) is 89.1 cm³/mol. The lowest BCUT2D eigenvalue weighted by Gasteiger charge is -2.36. The van der Waals surface area contributed by atoms with E-state index in [2.05, 4.69) is 5.32 Å². The van der Waals surface area contributed by atoms with Crippen molar-refractivity contribution in [1.82, 2.24) is 10.2 Å². The van der Waals surface area contributed by atoms with Crippen LogP contribution in [0, 0.1) is 17.8 Å². The summed E-state index contributed by atoms with van der Waals surface area (Å²) in [7, 11) is 0. The number of hydrogen-bond acceptors (Lipinski definition) is 3. The first-order valence-corrected chi connectivity index (χ1v) is 9.06. The van der Waals surface area contributed by atoms with Crippen LogP contribution in [0.5, 0.6) is 0 Å². The summed E-state index contributed by atoms with van der Waals surface area (Å²) >= 11 is 0. The molecule has 3 aliphatic rings. The second-order valence-electron chi connectivity index (χ2n) is 7.82.